The van der Waals surface area contributed by atoms with Gasteiger partial charge in [-0.3, -0.25) is 0 Å². The van der Waals surface area contributed by atoms with Crippen molar-refractivity contribution in [2.45, 2.75) is 37.1 Å². The third-order valence-electron chi connectivity index (χ3n) is 3.15. The molecule has 0 aliphatic heterocycles. The Morgan fingerprint density at radius 2 is 2.05 bits per heavy atom. The second kappa shape index (κ2) is 8.39. The van der Waals surface area contributed by atoms with Crippen LogP contribution < -0.4 is 5.32 Å². The minimum atomic E-state index is 0.370. The lowest BCUT2D eigenvalue weighted by atomic mass is 10.0. The smallest absolute Gasteiger partial charge is 0.169 e. The maximum atomic E-state index is 4.23. The van der Waals surface area contributed by atoms with Gasteiger partial charge in [0.25, 0.3) is 0 Å². The lowest BCUT2D eigenvalue weighted by Gasteiger charge is -2.18. The standard InChI is InChI=1S/C15H21N3S2/c1-3-9-16-14(10-19-15-17-11-18-20-15)13-7-5-12(4-2)6-8-13/h5-8,11,14,16H,3-4,9-10H2,1-2H3. The van der Waals surface area contributed by atoms with Crippen LogP contribution in [0.5, 0.6) is 0 Å². The molecule has 0 fully saturated rings. The van der Waals surface area contributed by atoms with Gasteiger partial charge < -0.3 is 5.32 Å². The highest BCUT2D eigenvalue weighted by Gasteiger charge is 2.12. The quantitative estimate of drug-likeness (QED) is 0.750. The summed E-state index contributed by atoms with van der Waals surface area (Å²) >= 11 is 3.24. The van der Waals surface area contributed by atoms with E-state index in [4.69, 9.17) is 0 Å². The van der Waals surface area contributed by atoms with Crippen LogP contribution in [0.3, 0.4) is 0 Å². The van der Waals surface area contributed by atoms with Gasteiger partial charge in [-0.2, -0.15) is 4.37 Å². The highest BCUT2D eigenvalue weighted by Crippen LogP contribution is 2.25. The Bertz CT molecular complexity index is 482. The third kappa shape index (κ3) is 4.58. The van der Waals surface area contributed by atoms with E-state index in [0.717, 1.165) is 29.5 Å². The maximum Gasteiger partial charge on any atom is 0.169 e. The summed E-state index contributed by atoms with van der Waals surface area (Å²) in [5.74, 6) is 0.987. The molecule has 0 amide bonds. The van der Waals surface area contributed by atoms with E-state index >= 15 is 0 Å². The molecule has 2 aromatic rings. The van der Waals surface area contributed by atoms with Crippen molar-refractivity contribution in [3.63, 3.8) is 0 Å². The molecular weight excluding hydrogens is 286 g/mol. The molecule has 1 heterocycles. The van der Waals surface area contributed by atoms with Crippen molar-refractivity contribution in [2.75, 3.05) is 12.3 Å². The lowest BCUT2D eigenvalue weighted by Crippen LogP contribution is -2.24. The first-order chi connectivity index (χ1) is 9.83. The third-order valence-corrected chi connectivity index (χ3v) is 5.04. The van der Waals surface area contributed by atoms with Crippen LogP contribution in [0.4, 0.5) is 0 Å². The number of nitrogens with one attached hydrogen (secondary N) is 1. The van der Waals surface area contributed by atoms with Crippen molar-refractivity contribution >= 4 is 23.3 Å². The fourth-order valence-electron chi connectivity index (χ4n) is 1.96. The first-order valence-electron chi connectivity index (χ1n) is 7.05. The van der Waals surface area contributed by atoms with Crippen LogP contribution in [-0.4, -0.2) is 21.7 Å². The molecule has 0 spiro atoms. The average molecular weight is 307 g/mol. The molecule has 0 aliphatic rings. The maximum absolute atomic E-state index is 4.23. The summed E-state index contributed by atoms with van der Waals surface area (Å²) in [5.41, 5.74) is 2.74. The molecule has 0 saturated carbocycles. The molecule has 0 saturated heterocycles. The Balaban J connectivity index is 2.01. The molecule has 0 aliphatic carbocycles. The van der Waals surface area contributed by atoms with Gasteiger partial charge in [0.15, 0.2) is 4.34 Å². The van der Waals surface area contributed by atoms with Crippen molar-refractivity contribution in [1.29, 1.82) is 0 Å². The zero-order valence-electron chi connectivity index (χ0n) is 12.0. The monoisotopic (exact) mass is 307 g/mol. The lowest BCUT2D eigenvalue weighted by molar-refractivity contribution is 0.577. The van der Waals surface area contributed by atoms with E-state index in [-0.39, 0.29) is 0 Å². The van der Waals surface area contributed by atoms with E-state index in [1.54, 1.807) is 18.1 Å². The van der Waals surface area contributed by atoms with Gasteiger partial charge in [0.2, 0.25) is 0 Å². The van der Waals surface area contributed by atoms with Crippen LogP contribution in [0.25, 0.3) is 0 Å². The van der Waals surface area contributed by atoms with Crippen molar-refractivity contribution in [1.82, 2.24) is 14.7 Å². The summed E-state index contributed by atoms with van der Waals surface area (Å²) < 4.78 is 5.09. The van der Waals surface area contributed by atoms with Crippen molar-refractivity contribution < 1.29 is 0 Å². The van der Waals surface area contributed by atoms with Gasteiger partial charge in [-0.1, -0.05) is 49.9 Å². The largest absolute Gasteiger partial charge is 0.309 e. The molecule has 5 heteroatoms. The highest BCUT2D eigenvalue weighted by atomic mass is 32.2. The van der Waals surface area contributed by atoms with Gasteiger partial charge in [0.05, 0.1) is 0 Å². The summed E-state index contributed by atoms with van der Waals surface area (Å²) in [6.45, 7) is 5.42. The summed E-state index contributed by atoms with van der Waals surface area (Å²) in [5, 5.41) is 3.62. The number of benzene rings is 1. The Kier molecular flexibility index (Phi) is 6.50. The number of aryl methyl sites for hydroxylation is 1. The Hall–Kier alpha value is -0.910. The van der Waals surface area contributed by atoms with Crippen LogP contribution in [0.1, 0.15) is 37.4 Å². The predicted octanol–water partition coefficient (Wildman–Crippen LogP) is 3.93. The molecule has 1 aromatic heterocycles. The summed E-state index contributed by atoms with van der Waals surface area (Å²) in [6.07, 6.45) is 3.86. The van der Waals surface area contributed by atoms with Gasteiger partial charge >= 0.3 is 0 Å². The molecule has 1 aromatic carbocycles. The van der Waals surface area contributed by atoms with Gasteiger partial charge in [0, 0.05) is 11.8 Å². The Morgan fingerprint density at radius 3 is 2.65 bits per heavy atom. The fourth-order valence-corrected chi connectivity index (χ4v) is 3.52. The van der Waals surface area contributed by atoms with Gasteiger partial charge in [0.1, 0.15) is 6.33 Å². The summed E-state index contributed by atoms with van der Waals surface area (Å²) in [7, 11) is 0. The molecule has 108 valence electrons. The molecule has 2 rings (SSSR count). The molecule has 1 atom stereocenters. The van der Waals surface area contributed by atoms with Crippen molar-refractivity contribution in [3.05, 3.63) is 41.7 Å². The zero-order chi connectivity index (χ0) is 14.2. The number of rotatable bonds is 8. The molecular formula is C15H21N3S2. The topological polar surface area (TPSA) is 37.8 Å². The van der Waals surface area contributed by atoms with E-state index in [0.29, 0.717) is 6.04 Å². The fraction of sp³-hybridized carbons (Fsp3) is 0.467. The molecule has 20 heavy (non-hydrogen) atoms. The normalized spacial score (nSPS) is 12.5. The number of nitrogens with zero attached hydrogens (tertiary/aromatic N) is 2. The minimum absolute atomic E-state index is 0.370. The average Bonchev–Trinajstić information content (AvgIpc) is 3.01. The second-order valence-electron chi connectivity index (χ2n) is 4.62. The minimum Gasteiger partial charge on any atom is -0.309 e. The van der Waals surface area contributed by atoms with Crippen LogP contribution >= 0.6 is 23.3 Å². The van der Waals surface area contributed by atoms with Gasteiger partial charge in [-0.15, -0.1) is 0 Å². The predicted molar refractivity (Wildman–Crippen MR) is 87.5 cm³/mol. The van der Waals surface area contributed by atoms with Gasteiger partial charge in [-0.05, 0) is 42.0 Å². The Labute approximate surface area is 129 Å². The second-order valence-corrected chi connectivity index (χ2v) is 6.67. The molecule has 0 bridgehead atoms. The van der Waals surface area contributed by atoms with Crippen LogP contribution in [0, 0.1) is 0 Å². The first kappa shape index (κ1) is 15.5. The summed E-state index contributed by atoms with van der Waals surface area (Å²) in [4.78, 5) is 4.23. The van der Waals surface area contributed by atoms with E-state index in [1.165, 1.54) is 22.7 Å². The highest BCUT2D eigenvalue weighted by molar-refractivity contribution is 8.00. The molecule has 3 nitrogen and oxygen atoms in total. The number of thioether (sulfide) groups is 1. The zero-order valence-corrected chi connectivity index (χ0v) is 13.6. The van der Waals surface area contributed by atoms with E-state index in [2.05, 4.69) is 52.8 Å². The van der Waals surface area contributed by atoms with Gasteiger partial charge in [-0.25, -0.2) is 4.98 Å². The number of hydrogen-bond acceptors (Lipinski definition) is 5. The number of hydrogen-bond donors (Lipinski definition) is 1. The number of aromatic nitrogens is 2. The summed E-state index contributed by atoms with van der Waals surface area (Å²) in [6, 6.07) is 9.31. The van der Waals surface area contributed by atoms with Crippen molar-refractivity contribution in [3.8, 4) is 0 Å². The van der Waals surface area contributed by atoms with Crippen LogP contribution in [0.15, 0.2) is 34.9 Å². The van der Waals surface area contributed by atoms with E-state index in [9.17, 15) is 0 Å². The molecule has 1 unspecified atom stereocenters. The SMILES string of the molecule is CCCNC(CSc1ncns1)c1ccc(CC)cc1. The van der Waals surface area contributed by atoms with E-state index in [1.807, 2.05) is 0 Å². The van der Waals surface area contributed by atoms with Crippen LogP contribution in [-0.2, 0) is 6.42 Å². The van der Waals surface area contributed by atoms with E-state index < -0.39 is 0 Å². The molecule has 0 radical (unpaired) electrons. The van der Waals surface area contributed by atoms with Crippen LogP contribution in [0.2, 0.25) is 0 Å². The van der Waals surface area contributed by atoms with Crippen molar-refractivity contribution in [2.24, 2.45) is 0 Å². The molecule has 1 N–H and O–H groups in total. The Morgan fingerprint density at radius 1 is 1.25 bits per heavy atom. The first-order valence-corrected chi connectivity index (χ1v) is 8.81.